The topological polar surface area (TPSA) is 79.5 Å². The molecule has 6 heteroatoms. The van der Waals surface area contributed by atoms with Crippen LogP contribution in [0.25, 0.3) is 0 Å². The third-order valence-electron chi connectivity index (χ3n) is 6.52. The molecule has 2 heterocycles. The normalized spacial score (nSPS) is 30.4. The maximum Gasteiger partial charge on any atom is 0.223 e. The van der Waals surface area contributed by atoms with E-state index in [2.05, 4.69) is 10.2 Å². The van der Waals surface area contributed by atoms with Crippen LogP contribution in [0.2, 0.25) is 0 Å². The Labute approximate surface area is 149 Å². The van der Waals surface area contributed by atoms with Crippen LogP contribution in [0.1, 0.15) is 81.9 Å². The zero-order valence-electron chi connectivity index (χ0n) is 15.0. The highest BCUT2D eigenvalue weighted by molar-refractivity contribution is 5.76. The zero-order chi connectivity index (χ0) is 17.3. The number of nitrogens with zero attached hydrogens (tertiary/aromatic N) is 3. The van der Waals surface area contributed by atoms with Gasteiger partial charge in [0.2, 0.25) is 17.7 Å². The molecule has 1 amide bonds. The molecule has 6 nitrogen and oxygen atoms in total. The maximum atomic E-state index is 12.6. The first-order valence-electron chi connectivity index (χ1n) is 9.96. The van der Waals surface area contributed by atoms with E-state index in [1.54, 1.807) is 0 Å². The van der Waals surface area contributed by atoms with E-state index in [0.29, 0.717) is 37.7 Å². The van der Waals surface area contributed by atoms with Gasteiger partial charge in [0, 0.05) is 37.8 Å². The van der Waals surface area contributed by atoms with Crippen LogP contribution in [-0.4, -0.2) is 44.8 Å². The van der Waals surface area contributed by atoms with Crippen molar-refractivity contribution in [2.45, 2.75) is 82.1 Å². The number of rotatable bonds is 4. The number of aromatic nitrogens is 2. The summed E-state index contributed by atoms with van der Waals surface area (Å²) in [6, 6.07) is 0. The number of amides is 1. The first kappa shape index (κ1) is 17.0. The molecule has 4 rings (SSSR count). The average Bonchev–Trinajstić information content (AvgIpc) is 3.30. The Balaban J connectivity index is 1.29. The summed E-state index contributed by atoms with van der Waals surface area (Å²) in [6.07, 6.45) is 10.6. The Morgan fingerprint density at radius 1 is 1.16 bits per heavy atom. The minimum absolute atomic E-state index is 0.147. The molecule has 0 spiro atoms. The van der Waals surface area contributed by atoms with Crippen molar-refractivity contribution < 1.29 is 14.3 Å². The lowest BCUT2D eigenvalue weighted by Gasteiger charge is -2.47. The number of hydrogen-bond acceptors (Lipinski definition) is 5. The van der Waals surface area contributed by atoms with Crippen LogP contribution < -0.4 is 0 Å². The molecule has 1 saturated heterocycles. The van der Waals surface area contributed by atoms with E-state index < -0.39 is 5.60 Å². The molecule has 138 valence electrons. The van der Waals surface area contributed by atoms with Gasteiger partial charge in [-0.05, 0) is 32.1 Å². The number of aliphatic hydroxyl groups is 1. The highest BCUT2D eigenvalue weighted by Gasteiger charge is 2.43. The number of likely N-dealkylation sites (tertiary alicyclic amines) is 1. The molecule has 1 aromatic heterocycles. The first-order chi connectivity index (χ1) is 12.1. The molecule has 2 aliphatic carbocycles. The Morgan fingerprint density at radius 2 is 1.96 bits per heavy atom. The molecular weight excluding hydrogens is 318 g/mol. The van der Waals surface area contributed by atoms with Gasteiger partial charge in [-0.3, -0.25) is 4.79 Å². The standard InChI is InChI=1S/C19H29N3O3/c23-17(22-12-11-19(24)10-4-3-7-15(19)13-22)9-8-16-20-21-18(25-16)14-5-1-2-6-14/h14-15,24H,1-13H2/t15-,19+/m0/s1. The van der Waals surface area contributed by atoms with Crippen molar-refractivity contribution in [3.05, 3.63) is 11.8 Å². The van der Waals surface area contributed by atoms with Crippen molar-refractivity contribution in [1.82, 2.24) is 15.1 Å². The summed E-state index contributed by atoms with van der Waals surface area (Å²) < 4.78 is 5.77. The fourth-order valence-electron chi connectivity index (χ4n) is 4.87. The van der Waals surface area contributed by atoms with Crippen molar-refractivity contribution in [2.75, 3.05) is 13.1 Å². The van der Waals surface area contributed by atoms with Crippen LogP contribution in [0, 0.1) is 5.92 Å². The highest BCUT2D eigenvalue weighted by atomic mass is 16.4. The van der Waals surface area contributed by atoms with Gasteiger partial charge in [0.15, 0.2) is 0 Å². The Hall–Kier alpha value is -1.43. The van der Waals surface area contributed by atoms with Gasteiger partial charge >= 0.3 is 0 Å². The quantitative estimate of drug-likeness (QED) is 0.906. The van der Waals surface area contributed by atoms with Crippen LogP contribution in [0.4, 0.5) is 0 Å². The van der Waals surface area contributed by atoms with Crippen LogP contribution >= 0.6 is 0 Å². The van der Waals surface area contributed by atoms with Crippen molar-refractivity contribution in [1.29, 1.82) is 0 Å². The monoisotopic (exact) mass is 347 g/mol. The van der Waals surface area contributed by atoms with Gasteiger partial charge in [-0.15, -0.1) is 10.2 Å². The van der Waals surface area contributed by atoms with Crippen molar-refractivity contribution in [2.24, 2.45) is 5.92 Å². The second-order valence-corrected chi connectivity index (χ2v) is 8.15. The van der Waals surface area contributed by atoms with Crippen LogP contribution in [0.5, 0.6) is 0 Å². The van der Waals surface area contributed by atoms with Gasteiger partial charge < -0.3 is 14.4 Å². The van der Waals surface area contributed by atoms with Gasteiger partial charge in [0.25, 0.3) is 0 Å². The van der Waals surface area contributed by atoms with Crippen LogP contribution in [0.15, 0.2) is 4.42 Å². The molecule has 0 bridgehead atoms. The molecule has 1 aliphatic heterocycles. The number of carbonyl (C=O) groups is 1. The van der Waals surface area contributed by atoms with E-state index in [4.69, 9.17) is 4.42 Å². The van der Waals surface area contributed by atoms with Gasteiger partial charge in [0.1, 0.15) is 0 Å². The van der Waals surface area contributed by atoms with E-state index in [0.717, 1.165) is 44.4 Å². The molecule has 3 aliphatic rings. The summed E-state index contributed by atoms with van der Waals surface area (Å²) in [5.41, 5.74) is -0.530. The molecule has 1 aromatic rings. The van der Waals surface area contributed by atoms with E-state index in [1.807, 2.05) is 4.90 Å². The minimum Gasteiger partial charge on any atom is -0.425 e. The lowest BCUT2D eigenvalue weighted by Crippen LogP contribution is -2.54. The predicted octanol–water partition coefficient (Wildman–Crippen LogP) is 2.81. The van der Waals surface area contributed by atoms with Crippen LogP contribution in [-0.2, 0) is 11.2 Å². The van der Waals surface area contributed by atoms with Crippen LogP contribution in [0.3, 0.4) is 0 Å². The van der Waals surface area contributed by atoms with E-state index in [-0.39, 0.29) is 11.8 Å². The second-order valence-electron chi connectivity index (χ2n) is 8.15. The first-order valence-corrected chi connectivity index (χ1v) is 9.96. The lowest BCUT2D eigenvalue weighted by molar-refractivity contribution is -0.143. The van der Waals surface area contributed by atoms with Gasteiger partial charge in [-0.2, -0.15) is 0 Å². The fraction of sp³-hybridized carbons (Fsp3) is 0.842. The van der Waals surface area contributed by atoms with Gasteiger partial charge in [0.05, 0.1) is 5.60 Å². The lowest BCUT2D eigenvalue weighted by atomic mass is 9.71. The second kappa shape index (κ2) is 7.06. The molecule has 1 N–H and O–H groups in total. The molecule has 0 aromatic carbocycles. The third kappa shape index (κ3) is 3.59. The average molecular weight is 347 g/mol. The SMILES string of the molecule is O=C(CCc1nnc(C2CCCC2)o1)N1CC[C@]2(O)CCCC[C@H]2C1. The largest absolute Gasteiger partial charge is 0.425 e. The summed E-state index contributed by atoms with van der Waals surface area (Å²) in [4.78, 5) is 14.5. The number of hydrogen-bond donors (Lipinski definition) is 1. The van der Waals surface area contributed by atoms with Crippen molar-refractivity contribution in [3.63, 3.8) is 0 Å². The fourth-order valence-corrected chi connectivity index (χ4v) is 4.87. The molecule has 0 radical (unpaired) electrons. The number of fused-ring (bicyclic) bond motifs is 1. The molecule has 3 fully saturated rings. The molecule has 0 unspecified atom stereocenters. The summed E-state index contributed by atoms with van der Waals surface area (Å²) >= 11 is 0. The molecule has 2 saturated carbocycles. The predicted molar refractivity (Wildman–Crippen MR) is 91.9 cm³/mol. The molecule has 25 heavy (non-hydrogen) atoms. The summed E-state index contributed by atoms with van der Waals surface area (Å²) in [5.74, 6) is 2.15. The Bertz CT molecular complexity index is 611. The molecular formula is C19H29N3O3. The van der Waals surface area contributed by atoms with E-state index in [1.165, 1.54) is 19.3 Å². The van der Waals surface area contributed by atoms with E-state index in [9.17, 15) is 9.90 Å². The van der Waals surface area contributed by atoms with Gasteiger partial charge in [-0.25, -0.2) is 0 Å². The maximum absolute atomic E-state index is 12.6. The Morgan fingerprint density at radius 3 is 2.80 bits per heavy atom. The number of aryl methyl sites for hydroxylation is 1. The summed E-state index contributed by atoms with van der Waals surface area (Å²) in [6.45, 7) is 1.37. The van der Waals surface area contributed by atoms with E-state index >= 15 is 0 Å². The highest BCUT2D eigenvalue weighted by Crippen LogP contribution is 2.40. The Kier molecular flexibility index (Phi) is 4.80. The van der Waals surface area contributed by atoms with Gasteiger partial charge in [-0.1, -0.05) is 25.7 Å². The minimum atomic E-state index is -0.530. The van der Waals surface area contributed by atoms with Crippen molar-refractivity contribution in [3.8, 4) is 0 Å². The third-order valence-corrected chi connectivity index (χ3v) is 6.52. The van der Waals surface area contributed by atoms with Crippen molar-refractivity contribution >= 4 is 5.91 Å². The molecule has 2 atom stereocenters. The smallest absolute Gasteiger partial charge is 0.223 e. The number of carbonyl (C=O) groups excluding carboxylic acids is 1. The summed E-state index contributed by atoms with van der Waals surface area (Å²) in [5, 5.41) is 19.0. The number of piperidine rings is 1. The summed E-state index contributed by atoms with van der Waals surface area (Å²) in [7, 11) is 0. The zero-order valence-corrected chi connectivity index (χ0v) is 15.0.